The standard InChI is InChI=1S/C11H22O5S/c1-10(2)5-9-17(14,15)8-3-6-16-7-4-11(12)13/h10H,3-9H2,1-2H3,(H,12,13). The zero-order valence-electron chi connectivity index (χ0n) is 10.5. The smallest absolute Gasteiger partial charge is 0.305 e. The van der Waals surface area contributed by atoms with Gasteiger partial charge in [0, 0.05) is 6.61 Å². The van der Waals surface area contributed by atoms with Crippen molar-refractivity contribution in [1.29, 1.82) is 0 Å². The van der Waals surface area contributed by atoms with Crippen molar-refractivity contribution in [2.24, 2.45) is 5.92 Å². The van der Waals surface area contributed by atoms with E-state index in [0.717, 1.165) is 0 Å². The van der Waals surface area contributed by atoms with Crippen LogP contribution in [-0.4, -0.2) is 44.2 Å². The molecule has 0 aliphatic heterocycles. The number of sulfone groups is 1. The first-order valence-corrected chi connectivity index (χ1v) is 7.65. The average Bonchev–Trinajstić information content (AvgIpc) is 2.20. The molecular weight excluding hydrogens is 244 g/mol. The Balaban J connectivity index is 3.56. The van der Waals surface area contributed by atoms with Gasteiger partial charge in [-0.05, 0) is 18.8 Å². The Morgan fingerprint density at radius 1 is 1.24 bits per heavy atom. The van der Waals surface area contributed by atoms with Crippen molar-refractivity contribution in [2.75, 3.05) is 24.7 Å². The molecule has 0 aromatic rings. The first kappa shape index (κ1) is 16.4. The lowest BCUT2D eigenvalue weighted by Crippen LogP contribution is -2.14. The Hall–Kier alpha value is -0.620. The second-order valence-electron chi connectivity index (χ2n) is 4.44. The molecule has 1 N–H and O–H groups in total. The van der Waals surface area contributed by atoms with E-state index in [9.17, 15) is 13.2 Å². The maximum Gasteiger partial charge on any atom is 0.305 e. The Bertz CT molecular complexity index is 308. The lowest BCUT2D eigenvalue weighted by atomic mass is 10.2. The molecule has 102 valence electrons. The Morgan fingerprint density at radius 2 is 1.88 bits per heavy atom. The van der Waals surface area contributed by atoms with Gasteiger partial charge in [-0.3, -0.25) is 4.79 Å². The first-order chi connectivity index (χ1) is 7.83. The van der Waals surface area contributed by atoms with Crippen LogP contribution in [0.5, 0.6) is 0 Å². The van der Waals surface area contributed by atoms with E-state index in [1.807, 2.05) is 13.8 Å². The number of hydrogen-bond donors (Lipinski definition) is 1. The topological polar surface area (TPSA) is 80.7 Å². The molecule has 17 heavy (non-hydrogen) atoms. The molecule has 0 aromatic carbocycles. The molecule has 0 saturated heterocycles. The molecule has 0 aliphatic rings. The minimum atomic E-state index is -2.98. The predicted molar refractivity (Wildman–Crippen MR) is 65.8 cm³/mol. The summed E-state index contributed by atoms with van der Waals surface area (Å²) in [7, 11) is -2.98. The van der Waals surface area contributed by atoms with E-state index in [1.165, 1.54) is 0 Å². The summed E-state index contributed by atoms with van der Waals surface area (Å²) >= 11 is 0. The van der Waals surface area contributed by atoms with Crippen LogP contribution in [0.25, 0.3) is 0 Å². The summed E-state index contributed by atoms with van der Waals surface area (Å²) in [6.45, 7) is 4.42. The number of rotatable bonds is 10. The van der Waals surface area contributed by atoms with E-state index >= 15 is 0 Å². The van der Waals surface area contributed by atoms with Crippen LogP contribution in [0.2, 0.25) is 0 Å². The molecule has 0 aromatic heterocycles. The maximum atomic E-state index is 11.5. The van der Waals surface area contributed by atoms with Gasteiger partial charge in [0.15, 0.2) is 0 Å². The molecule has 0 bridgehead atoms. The maximum absolute atomic E-state index is 11.5. The zero-order valence-corrected chi connectivity index (χ0v) is 11.3. The number of carbonyl (C=O) groups is 1. The molecule has 0 atom stereocenters. The SMILES string of the molecule is CC(C)CCS(=O)(=O)CCCOCCC(=O)O. The first-order valence-electron chi connectivity index (χ1n) is 5.83. The van der Waals surface area contributed by atoms with Crippen LogP contribution in [0.15, 0.2) is 0 Å². The Morgan fingerprint density at radius 3 is 2.41 bits per heavy atom. The van der Waals surface area contributed by atoms with Crippen molar-refractivity contribution in [2.45, 2.75) is 33.1 Å². The van der Waals surface area contributed by atoms with Gasteiger partial charge in [-0.1, -0.05) is 13.8 Å². The van der Waals surface area contributed by atoms with Gasteiger partial charge in [-0.15, -0.1) is 0 Å². The van der Waals surface area contributed by atoms with Gasteiger partial charge in [-0.25, -0.2) is 8.42 Å². The summed E-state index contributed by atoms with van der Waals surface area (Å²) in [5.41, 5.74) is 0. The summed E-state index contributed by atoms with van der Waals surface area (Å²) in [5.74, 6) is -0.182. The van der Waals surface area contributed by atoms with Gasteiger partial charge in [0.2, 0.25) is 0 Å². The van der Waals surface area contributed by atoms with Gasteiger partial charge >= 0.3 is 5.97 Å². The molecule has 0 rings (SSSR count). The fourth-order valence-corrected chi connectivity index (χ4v) is 2.75. The van der Waals surface area contributed by atoms with Crippen LogP contribution >= 0.6 is 0 Å². The van der Waals surface area contributed by atoms with Crippen LogP contribution in [0.4, 0.5) is 0 Å². The van der Waals surface area contributed by atoms with Gasteiger partial charge in [0.1, 0.15) is 9.84 Å². The summed E-state index contributed by atoms with van der Waals surface area (Å²) in [5, 5.41) is 8.35. The van der Waals surface area contributed by atoms with Gasteiger partial charge < -0.3 is 9.84 Å². The van der Waals surface area contributed by atoms with E-state index in [1.54, 1.807) is 0 Å². The number of aliphatic carboxylic acids is 1. The van der Waals surface area contributed by atoms with Crippen molar-refractivity contribution < 1.29 is 23.1 Å². The lowest BCUT2D eigenvalue weighted by molar-refractivity contribution is -0.138. The van der Waals surface area contributed by atoms with E-state index in [2.05, 4.69) is 0 Å². The molecule has 0 saturated carbocycles. The molecule has 5 nitrogen and oxygen atoms in total. The van der Waals surface area contributed by atoms with Crippen molar-refractivity contribution in [3.63, 3.8) is 0 Å². The van der Waals surface area contributed by atoms with E-state index in [-0.39, 0.29) is 24.5 Å². The molecule has 6 heteroatoms. The molecule has 0 aliphatic carbocycles. The number of carboxylic acids is 1. The molecular formula is C11H22O5S. The Labute approximate surface area is 103 Å². The molecule has 0 amide bonds. The second kappa shape index (κ2) is 8.47. The molecule has 0 unspecified atom stereocenters. The summed E-state index contributed by atoms with van der Waals surface area (Å²) in [6.07, 6.45) is 1.07. The highest BCUT2D eigenvalue weighted by Crippen LogP contribution is 2.04. The van der Waals surface area contributed by atoms with E-state index in [0.29, 0.717) is 25.4 Å². The van der Waals surface area contributed by atoms with Crippen molar-refractivity contribution >= 4 is 15.8 Å². The van der Waals surface area contributed by atoms with Crippen molar-refractivity contribution in [3.8, 4) is 0 Å². The number of carboxylic acid groups (broad SMARTS) is 1. The third-order valence-electron chi connectivity index (χ3n) is 2.21. The van der Waals surface area contributed by atoms with Crippen LogP contribution in [-0.2, 0) is 19.4 Å². The fourth-order valence-electron chi connectivity index (χ4n) is 1.16. The van der Waals surface area contributed by atoms with E-state index < -0.39 is 15.8 Å². The van der Waals surface area contributed by atoms with Crippen LogP contribution in [0.3, 0.4) is 0 Å². The largest absolute Gasteiger partial charge is 0.481 e. The van der Waals surface area contributed by atoms with Gasteiger partial charge in [-0.2, -0.15) is 0 Å². The third kappa shape index (κ3) is 11.6. The number of ether oxygens (including phenoxy) is 1. The highest BCUT2D eigenvalue weighted by molar-refractivity contribution is 7.91. The minimum absolute atomic E-state index is 0.0416. The van der Waals surface area contributed by atoms with E-state index in [4.69, 9.17) is 9.84 Å². The molecule has 0 radical (unpaired) electrons. The lowest BCUT2D eigenvalue weighted by Gasteiger charge is -2.06. The normalized spacial score (nSPS) is 11.9. The van der Waals surface area contributed by atoms with Gasteiger partial charge in [0.05, 0.1) is 24.5 Å². The highest BCUT2D eigenvalue weighted by atomic mass is 32.2. The molecule has 0 fully saturated rings. The zero-order chi connectivity index (χ0) is 13.3. The predicted octanol–water partition coefficient (Wildman–Crippen LogP) is 1.33. The van der Waals surface area contributed by atoms with Crippen LogP contribution in [0, 0.1) is 5.92 Å². The third-order valence-corrected chi connectivity index (χ3v) is 3.98. The quantitative estimate of drug-likeness (QED) is 0.603. The summed E-state index contributed by atoms with van der Waals surface area (Å²) in [4.78, 5) is 10.2. The molecule has 0 spiro atoms. The number of hydrogen-bond acceptors (Lipinski definition) is 4. The summed E-state index contributed by atoms with van der Waals surface area (Å²) in [6, 6.07) is 0. The minimum Gasteiger partial charge on any atom is -0.481 e. The highest BCUT2D eigenvalue weighted by Gasteiger charge is 2.11. The average molecular weight is 266 g/mol. The van der Waals surface area contributed by atoms with Crippen LogP contribution < -0.4 is 0 Å². The summed E-state index contributed by atoms with van der Waals surface area (Å²) < 4.78 is 28.1. The monoisotopic (exact) mass is 266 g/mol. The van der Waals surface area contributed by atoms with Crippen molar-refractivity contribution in [1.82, 2.24) is 0 Å². The fraction of sp³-hybridized carbons (Fsp3) is 0.909. The van der Waals surface area contributed by atoms with Crippen LogP contribution in [0.1, 0.15) is 33.1 Å². The van der Waals surface area contributed by atoms with Crippen molar-refractivity contribution in [3.05, 3.63) is 0 Å². The Kier molecular flexibility index (Phi) is 8.16. The van der Waals surface area contributed by atoms with Gasteiger partial charge in [0.25, 0.3) is 0 Å². The second-order valence-corrected chi connectivity index (χ2v) is 6.75. The molecule has 0 heterocycles.